The van der Waals surface area contributed by atoms with Gasteiger partial charge >= 0.3 is 0 Å². The van der Waals surface area contributed by atoms with E-state index in [1.807, 2.05) is 64.1 Å². The number of carbonyl (C=O) groups excluding carboxylic acids is 1. The average Bonchev–Trinajstić information content (AvgIpc) is 2.97. The highest BCUT2D eigenvalue weighted by Gasteiger charge is 2.42. The van der Waals surface area contributed by atoms with Crippen LogP contribution in [0.5, 0.6) is 0 Å². The summed E-state index contributed by atoms with van der Waals surface area (Å²) in [6.45, 7) is 8.86. The van der Waals surface area contributed by atoms with E-state index in [-0.39, 0.29) is 23.2 Å². The smallest absolute Gasteiger partial charge is 0.290 e. The summed E-state index contributed by atoms with van der Waals surface area (Å²) in [6.07, 6.45) is 0.810. The van der Waals surface area contributed by atoms with E-state index in [1.165, 1.54) is 0 Å². The van der Waals surface area contributed by atoms with Crippen LogP contribution in [-0.4, -0.2) is 30.1 Å². The minimum Gasteiger partial charge on any atom is -0.450 e. The Labute approximate surface area is 190 Å². The van der Waals surface area contributed by atoms with E-state index >= 15 is 0 Å². The predicted octanol–water partition coefficient (Wildman–Crippen LogP) is 5.53. The fourth-order valence-electron chi connectivity index (χ4n) is 4.29. The van der Waals surface area contributed by atoms with Gasteiger partial charge < -0.3 is 14.1 Å². The van der Waals surface area contributed by atoms with Crippen LogP contribution in [0.25, 0.3) is 11.0 Å². The van der Waals surface area contributed by atoms with Crippen LogP contribution in [0.1, 0.15) is 59.1 Å². The number of benzene rings is 2. The lowest BCUT2D eigenvalue weighted by atomic mass is 9.97. The highest BCUT2D eigenvalue weighted by atomic mass is 79.9. The molecule has 0 fully saturated rings. The molecular formula is C25H26BrNO4. The molecule has 0 N–H and O–H groups in total. The number of halogens is 1. The topological polar surface area (TPSA) is 59.8 Å². The van der Waals surface area contributed by atoms with Crippen molar-refractivity contribution in [3.63, 3.8) is 0 Å². The molecule has 31 heavy (non-hydrogen) atoms. The van der Waals surface area contributed by atoms with Gasteiger partial charge in [0.1, 0.15) is 5.58 Å². The number of hydrogen-bond acceptors (Lipinski definition) is 4. The van der Waals surface area contributed by atoms with E-state index in [2.05, 4.69) is 15.9 Å². The van der Waals surface area contributed by atoms with Gasteiger partial charge in [-0.05, 0) is 69.0 Å². The van der Waals surface area contributed by atoms with Crippen LogP contribution in [0.4, 0.5) is 0 Å². The van der Waals surface area contributed by atoms with Gasteiger partial charge in [-0.15, -0.1) is 0 Å². The molecule has 2 aromatic carbocycles. The molecule has 1 aliphatic rings. The lowest BCUT2D eigenvalue weighted by molar-refractivity contribution is 0.0593. The van der Waals surface area contributed by atoms with Gasteiger partial charge in [-0.1, -0.05) is 34.1 Å². The number of ether oxygens (including phenoxy) is 1. The molecule has 1 aromatic heterocycles. The third kappa shape index (κ3) is 4.06. The molecule has 1 amide bonds. The number of nitrogens with zero attached hydrogens (tertiary/aromatic N) is 1. The molecule has 162 valence electrons. The molecule has 0 spiro atoms. The average molecular weight is 484 g/mol. The van der Waals surface area contributed by atoms with Crippen molar-refractivity contribution in [3.8, 4) is 0 Å². The molecule has 0 bridgehead atoms. The number of hydrogen-bond donors (Lipinski definition) is 0. The van der Waals surface area contributed by atoms with Crippen molar-refractivity contribution < 1.29 is 13.9 Å². The first-order valence-electron chi connectivity index (χ1n) is 10.5. The van der Waals surface area contributed by atoms with Gasteiger partial charge in [0.05, 0.1) is 23.1 Å². The second-order valence-electron chi connectivity index (χ2n) is 8.35. The predicted molar refractivity (Wildman–Crippen MR) is 125 cm³/mol. The zero-order chi connectivity index (χ0) is 22.3. The molecule has 3 aromatic rings. The largest absolute Gasteiger partial charge is 0.450 e. The third-order valence-electron chi connectivity index (χ3n) is 5.59. The molecule has 5 nitrogen and oxygen atoms in total. The first-order valence-corrected chi connectivity index (χ1v) is 11.3. The Balaban J connectivity index is 1.85. The summed E-state index contributed by atoms with van der Waals surface area (Å²) < 4.78 is 12.7. The molecule has 2 heterocycles. The molecule has 1 unspecified atom stereocenters. The zero-order valence-corrected chi connectivity index (χ0v) is 19.8. The summed E-state index contributed by atoms with van der Waals surface area (Å²) in [6, 6.07) is 11.1. The van der Waals surface area contributed by atoms with E-state index in [0.29, 0.717) is 36.1 Å². The quantitative estimate of drug-likeness (QED) is 0.432. The minimum absolute atomic E-state index is 0.129. The Morgan fingerprint density at radius 3 is 2.52 bits per heavy atom. The highest BCUT2D eigenvalue weighted by molar-refractivity contribution is 9.10. The number of fused-ring (bicyclic) bond motifs is 2. The summed E-state index contributed by atoms with van der Waals surface area (Å²) in [5.41, 5.74) is 3.50. The maximum absolute atomic E-state index is 13.6. The first kappa shape index (κ1) is 21.8. The molecular weight excluding hydrogens is 458 g/mol. The summed E-state index contributed by atoms with van der Waals surface area (Å²) in [5, 5.41) is 0.546. The molecule has 0 saturated carbocycles. The van der Waals surface area contributed by atoms with E-state index in [4.69, 9.17) is 9.15 Å². The number of rotatable bonds is 6. The van der Waals surface area contributed by atoms with Gasteiger partial charge in [0.2, 0.25) is 5.76 Å². The standard InChI is InChI=1S/C25H26BrNO4/c1-14(2)30-11-5-10-27-22(17-6-8-18(26)9-7-17)21-23(28)20-16(4)12-15(3)13-19(20)31-24(21)25(27)29/h6-9,12-14,22H,5,10-11H2,1-4H3. The van der Waals surface area contributed by atoms with Crippen LogP contribution >= 0.6 is 15.9 Å². The van der Waals surface area contributed by atoms with Crippen LogP contribution in [0.15, 0.2) is 50.1 Å². The van der Waals surface area contributed by atoms with Crippen molar-refractivity contribution >= 4 is 32.8 Å². The van der Waals surface area contributed by atoms with Crippen molar-refractivity contribution in [2.24, 2.45) is 0 Å². The molecule has 0 aliphatic carbocycles. The van der Waals surface area contributed by atoms with Gasteiger partial charge in [-0.25, -0.2) is 0 Å². The maximum atomic E-state index is 13.6. The van der Waals surface area contributed by atoms with Crippen molar-refractivity contribution in [1.29, 1.82) is 0 Å². The summed E-state index contributed by atoms with van der Waals surface area (Å²) in [5.74, 6) is -0.0918. The molecule has 1 atom stereocenters. The summed E-state index contributed by atoms with van der Waals surface area (Å²) >= 11 is 3.46. The summed E-state index contributed by atoms with van der Waals surface area (Å²) in [4.78, 5) is 28.8. The van der Waals surface area contributed by atoms with Crippen LogP contribution in [0, 0.1) is 13.8 Å². The Morgan fingerprint density at radius 1 is 1.13 bits per heavy atom. The number of amides is 1. The van der Waals surface area contributed by atoms with E-state index < -0.39 is 6.04 Å². The molecule has 4 rings (SSSR count). The number of aryl methyl sites for hydroxylation is 2. The molecule has 6 heteroatoms. The normalized spacial score (nSPS) is 15.9. The van der Waals surface area contributed by atoms with E-state index in [1.54, 1.807) is 4.90 Å². The molecule has 0 saturated heterocycles. The van der Waals surface area contributed by atoms with Crippen LogP contribution in [0.3, 0.4) is 0 Å². The molecule has 1 aliphatic heterocycles. The SMILES string of the molecule is Cc1cc(C)c2c(=O)c3c(oc2c1)C(=O)N(CCCOC(C)C)C3c1ccc(Br)cc1. The lowest BCUT2D eigenvalue weighted by Crippen LogP contribution is -2.31. The van der Waals surface area contributed by atoms with Gasteiger partial charge in [0.25, 0.3) is 5.91 Å². The third-order valence-corrected chi connectivity index (χ3v) is 6.12. The van der Waals surface area contributed by atoms with Gasteiger partial charge in [-0.2, -0.15) is 0 Å². The van der Waals surface area contributed by atoms with Crippen molar-refractivity contribution in [2.45, 2.75) is 46.3 Å². The Bertz CT molecular complexity index is 1200. The van der Waals surface area contributed by atoms with Gasteiger partial charge in [0, 0.05) is 17.6 Å². The summed E-state index contributed by atoms with van der Waals surface area (Å²) in [7, 11) is 0. The van der Waals surface area contributed by atoms with E-state index in [9.17, 15) is 9.59 Å². The monoisotopic (exact) mass is 483 g/mol. The van der Waals surface area contributed by atoms with E-state index in [0.717, 1.165) is 21.2 Å². The number of carbonyl (C=O) groups is 1. The highest BCUT2D eigenvalue weighted by Crippen LogP contribution is 2.39. The van der Waals surface area contributed by atoms with Crippen molar-refractivity contribution in [1.82, 2.24) is 4.90 Å². The fourth-order valence-corrected chi connectivity index (χ4v) is 4.55. The van der Waals surface area contributed by atoms with Crippen LogP contribution in [0.2, 0.25) is 0 Å². The van der Waals surface area contributed by atoms with Crippen LogP contribution in [-0.2, 0) is 4.74 Å². The van der Waals surface area contributed by atoms with Crippen molar-refractivity contribution in [2.75, 3.05) is 13.2 Å². The fraction of sp³-hybridized carbons (Fsp3) is 0.360. The molecule has 0 radical (unpaired) electrons. The lowest BCUT2D eigenvalue weighted by Gasteiger charge is -2.25. The van der Waals surface area contributed by atoms with Crippen molar-refractivity contribution in [3.05, 3.63) is 79.1 Å². The second kappa shape index (κ2) is 8.60. The van der Waals surface area contributed by atoms with Crippen LogP contribution < -0.4 is 5.43 Å². The van der Waals surface area contributed by atoms with Gasteiger partial charge in [-0.3, -0.25) is 9.59 Å². The first-order chi connectivity index (χ1) is 14.8. The Hall–Kier alpha value is -2.44. The Morgan fingerprint density at radius 2 is 1.84 bits per heavy atom. The Kier molecular flexibility index (Phi) is 6.04. The second-order valence-corrected chi connectivity index (χ2v) is 9.27. The van der Waals surface area contributed by atoms with Gasteiger partial charge in [0.15, 0.2) is 5.43 Å². The minimum atomic E-state index is -0.476. The maximum Gasteiger partial charge on any atom is 0.290 e. The zero-order valence-electron chi connectivity index (χ0n) is 18.2.